The predicted molar refractivity (Wildman–Crippen MR) is 225 cm³/mol. The monoisotopic (exact) mass is 911 g/mol. The summed E-state index contributed by atoms with van der Waals surface area (Å²) >= 11 is 0. The number of carbonyl (C=O) groups is 1. The average Bonchev–Trinajstić information content (AvgIpc) is 3.50. The van der Waals surface area contributed by atoms with Crippen LogP contribution in [0.1, 0.15) is 127 Å². The van der Waals surface area contributed by atoms with Gasteiger partial charge in [-0.05, 0) is 117 Å². The molecule has 0 unspecified atom stereocenters. The van der Waals surface area contributed by atoms with Crippen LogP contribution in [0, 0.1) is 56.2 Å². The molecule has 8 N–H and O–H groups in total. The summed E-state index contributed by atoms with van der Waals surface area (Å²) in [4.78, 5) is 13.7. The highest BCUT2D eigenvalue weighted by Gasteiger charge is 2.75. The zero-order valence-electron chi connectivity index (χ0n) is 39.2. The number of hydrogen-bond donors (Lipinski definition) is 8. The van der Waals surface area contributed by atoms with Crippen LogP contribution in [0.5, 0.6) is 0 Å². The molecule has 0 aromatic carbocycles. The molecule has 4 aliphatic heterocycles. The Morgan fingerprint density at radius 3 is 1.78 bits per heavy atom. The lowest BCUT2D eigenvalue weighted by molar-refractivity contribution is -0.393. The summed E-state index contributed by atoms with van der Waals surface area (Å²) in [5.41, 5.74) is -0.743. The topological polar surface area (TPSA) is 244 Å². The van der Waals surface area contributed by atoms with Crippen molar-refractivity contribution < 1.29 is 78.8 Å². The van der Waals surface area contributed by atoms with E-state index in [1.54, 1.807) is 0 Å². The average molecular weight is 911 g/mol. The molecule has 0 aromatic rings. The van der Waals surface area contributed by atoms with Crippen molar-refractivity contribution in [1.82, 2.24) is 0 Å². The minimum absolute atomic E-state index is 0.0325. The normalized spacial score (nSPS) is 57.7. The van der Waals surface area contributed by atoms with Crippen LogP contribution in [0.4, 0.5) is 0 Å². The van der Waals surface area contributed by atoms with Crippen LogP contribution in [0.2, 0.25) is 0 Å². The second-order valence-electron chi connectivity index (χ2n) is 23.9. The third-order valence-corrected chi connectivity index (χ3v) is 20.3. The van der Waals surface area contributed by atoms with Gasteiger partial charge in [0.25, 0.3) is 0 Å². The van der Waals surface area contributed by atoms with Crippen molar-refractivity contribution in [2.75, 3.05) is 6.61 Å². The molecule has 4 heterocycles. The first kappa shape index (κ1) is 48.0. The molecule has 64 heavy (non-hydrogen) atoms. The van der Waals surface area contributed by atoms with Crippen molar-refractivity contribution in [1.29, 1.82) is 0 Å². The lowest BCUT2D eigenvalue weighted by atomic mass is 9.31. The molecular weight excluding hydrogens is 833 g/mol. The van der Waals surface area contributed by atoms with E-state index in [2.05, 4.69) is 48.5 Å². The number of ether oxygens (including phenoxy) is 7. The van der Waals surface area contributed by atoms with Crippen LogP contribution in [0.15, 0.2) is 0 Å². The Kier molecular flexibility index (Phi) is 12.2. The molecule has 4 saturated heterocycles. The van der Waals surface area contributed by atoms with Crippen LogP contribution in [0.3, 0.4) is 0 Å². The molecule has 0 amide bonds. The highest BCUT2D eigenvalue weighted by molar-refractivity contribution is 5.81. The summed E-state index contributed by atoms with van der Waals surface area (Å²) < 4.78 is 43.6. The third kappa shape index (κ3) is 6.83. The molecular formula is C48H78O16. The zero-order chi connectivity index (χ0) is 46.4. The first-order valence-electron chi connectivity index (χ1n) is 24.4. The van der Waals surface area contributed by atoms with E-state index in [0.717, 1.165) is 57.8 Å². The highest BCUT2D eigenvalue weighted by Crippen LogP contribution is 2.78. The standard InChI is InChI=1S/C48H78O16/c1-21-29(50)31(52)33(54)39(58-21)62-36-24(20-49)60-41(37(35(36)56)63-40-34(55)32(53)30(51)22(2)59-40)61-27-13-14-45(7)25(44(27,5)6)12-15-47(9)26(45)11-10-23-28-38-43(3,4)16-18-48(28,42(57)64-38)19-17-46(23,47)8/h21-41,49-56H,10-20H2,1-9H3/t21-,22-,23+,24+,25-,26+,27-,28-,29-,30-,31+,32+,33+,34+,35-,36+,37+,38+,39-,40-,41-,45-,46+,47+,48-/m0/s1. The van der Waals surface area contributed by atoms with Crippen molar-refractivity contribution >= 4 is 5.97 Å². The van der Waals surface area contributed by atoms with E-state index in [1.807, 2.05) is 0 Å². The SMILES string of the molecule is C[C@@H]1O[C@@H](O[C@H]2[C@H](O[C@H]3CC[C@]4(C)[C@H]5CC[C@@H]6[C@H]7[C@H]8OC(=O)[C@@]7(CCC8(C)C)CC[C@@]6(C)[C@]5(C)CC[C@H]4C3(C)C)O[C@H](CO)[C@@H](O[C@@H]3O[C@@H](C)[C@H](O)[C@@H](O)[C@H]3O)[C@@H]2O)[C@H](O)[C@H](O)[C@H]1O. The number of aliphatic hydroxyl groups excluding tert-OH is 8. The molecule has 0 radical (unpaired) electrons. The van der Waals surface area contributed by atoms with Gasteiger partial charge in [0.05, 0.1) is 30.3 Å². The Bertz CT molecular complexity index is 1750. The Balaban J connectivity index is 0.971. The molecule has 9 aliphatic rings. The molecule has 25 atom stereocenters. The van der Waals surface area contributed by atoms with Crippen LogP contribution >= 0.6 is 0 Å². The van der Waals surface area contributed by atoms with Gasteiger partial charge in [-0.2, -0.15) is 0 Å². The summed E-state index contributed by atoms with van der Waals surface area (Å²) in [6.07, 6.45) is -12.6. The smallest absolute Gasteiger partial charge is 0.312 e. The zero-order valence-corrected chi connectivity index (χ0v) is 39.2. The number of hydrogen-bond acceptors (Lipinski definition) is 16. The van der Waals surface area contributed by atoms with Gasteiger partial charge in [0.15, 0.2) is 18.9 Å². The molecule has 0 spiro atoms. The van der Waals surface area contributed by atoms with Crippen LogP contribution < -0.4 is 0 Å². The molecule has 9 rings (SSSR count). The van der Waals surface area contributed by atoms with Crippen LogP contribution in [-0.4, -0.2) is 158 Å². The van der Waals surface area contributed by atoms with E-state index in [4.69, 9.17) is 33.2 Å². The van der Waals surface area contributed by atoms with E-state index >= 15 is 0 Å². The Morgan fingerprint density at radius 2 is 1.17 bits per heavy atom. The lowest BCUT2D eigenvalue weighted by Gasteiger charge is -2.73. The third-order valence-electron chi connectivity index (χ3n) is 20.3. The van der Waals surface area contributed by atoms with E-state index in [-0.39, 0.29) is 51.0 Å². The van der Waals surface area contributed by atoms with Crippen LogP contribution in [-0.2, 0) is 38.0 Å². The van der Waals surface area contributed by atoms with Crippen molar-refractivity contribution in [2.24, 2.45) is 56.2 Å². The van der Waals surface area contributed by atoms with Crippen molar-refractivity contribution in [3.63, 3.8) is 0 Å². The summed E-state index contributed by atoms with van der Waals surface area (Å²) in [5, 5.41) is 86.7. The van der Waals surface area contributed by atoms with Gasteiger partial charge < -0.3 is 74.0 Å². The predicted octanol–water partition coefficient (Wildman–Crippen LogP) is 2.29. The van der Waals surface area contributed by atoms with E-state index in [0.29, 0.717) is 18.3 Å². The minimum Gasteiger partial charge on any atom is -0.461 e. The first-order chi connectivity index (χ1) is 29.9. The van der Waals surface area contributed by atoms with Gasteiger partial charge in [0, 0.05) is 11.3 Å². The molecule has 5 saturated carbocycles. The number of fused-ring (bicyclic) bond motifs is 5. The fraction of sp³-hybridized carbons (Fsp3) is 0.979. The summed E-state index contributed by atoms with van der Waals surface area (Å²) in [5.74, 6) is 1.40. The number of aliphatic hydroxyl groups is 8. The van der Waals surface area contributed by atoms with Gasteiger partial charge in [-0.3, -0.25) is 4.79 Å². The molecule has 16 heteroatoms. The number of esters is 1. The number of rotatable bonds is 7. The largest absolute Gasteiger partial charge is 0.461 e. The van der Waals surface area contributed by atoms with Gasteiger partial charge in [-0.1, -0.05) is 48.5 Å². The Labute approximate surface area is 377 Å². The van der Waals surface area contributed by atoms with Crippen molar-refractivity contribution in [3.8, 4) is 0 Å². The quantitative estimate of drug-likeness (QED) is 0.135. The van der Waals surface area contributed by atoms with Crippen LogP contribution in [0.25, 0.3) is 0 Å². The molecule has 0 aromatic heterocycles. The van der Waals surface area contributed by atoms with Crippen molar-refractivity contribution in [2.45, 2.75) is 231 Å². The van der Waals surface area contributed by atoms with Gasteiger partial charge in [-0.15, -0.1) is 0 Å². The summed E-state index contributed by atoms with van der Waals surface area (Å²) in [6, 6.07) is 0. The fourth-order valence-electron chi connectivity index (χ4n) is 16.2. The second-order valence-corrected chi connectivity index (χ2v) is 23.9. The Morgan fingerprint density at radius 1 is 0.578 bits per heavy atom. The summed E-state index contributed by atoms with van der Waals surface area (Å²) in [7, 11) is 0. The minimum atomic E-state index is -1.72. The molecule has 16 nitrogen and oxygen atoms in total. The second kappa shape index (κ2) is 16.2. The molecule has 9 fully saturated rings. The maximum Gasteiger partial charge on any atom is 0.312 e. The van der Waals surface area contributed by atoms with Gasteiger partial charge >= 0.3 is 5.97 Å². The van der Waals surface area contributed by atoms with Gasteiger partial charge in [-0.25, -0.2) is 0 Å². The van der Waals surface area contributed by atoms with Gasteiger partial charge in [0.1, 0.15) is 67.1 Å². The van der Waals surface area contributed by atoms with E-state index in [9.17, 15) is 45.6 Å². The summed E-state index contributed by atoms with van der Waals surface area (Å²) in [6.45, 7) is 19.0. The highest BCUT2D eigenvalue weighted by atomic mass is 16.8. The fourth-order valence-corrected chi connectivity index (χ4v) is 16.2. The first-order valence-corrected chi connectivity index (χ1v) is 24.4. The number of carbonyl (C=O) groups excluding carboxylic acids is 1. The maximum atomic E-state index is 13.7. The van der Waals surface area contributed by atoms with E-state index < -0.39 is 110 Å². The van der Waals surface area contributed by atoms with E-state index in [1.165, 1.54) is 13.8 Å². The molecule has 5 aliphatic carbocycles. The lowest BCUT2D eigenvalue weighted by Crippen LogP contribution is -2.69. The Hall–Kier alpha value is -1.09. The maximum absolute atomic E-state index is 13.7. The molecule has 2 bridgehead atoms. The van der Waals surface area contributed by atoms with Gasteiger partial charge in [0.2, 0.25) is 0 Å². The van der Waals surface area contributed by atoms with Crippen molar-refractivity contribution in [3.05, 3.63) is 0 Å². The molecule has 366 valence electrons.